The second-order valence-electron chi connectivity index (χ2n) is 2.98. The molecule has 1 aromatic heterocycles. The maximum atomic E-state index is 10.9. The first-order valence-electron chi connectivity index (χ1n) is 3.70. The van der Waals surface area contributed by atoms with Crippen LogP contribution in [0.25, 0.3) is 0 Å². The largest absolute Gasteiger partial charge is 0.480 e. The molecule has 4 nitrogen and oxygen atoms in total. The van der Waals surface area contributed by atoms with Crippen LogP contribution in [0.4, 0.5) is 0 Å². The fraction of sp³-hybridized carbons (Fsp3) is 0.250. The number of aliphatic carboxylic acids is 1. The molecule has 0 fully saturated rings. The fourth-order valence-electron chi connectivity index (χ4n) is 0.915. The minimum Gasteiger partial charge on any atom is -0.480 e. The summed E-state index contributed by atoms with van der Waals surface area (Å²) >= 11 is 6.34. The molecule has 1 heterocycles. The van der Waals surface area contributed by atoms with Crippen LogP contribution in [0.15, 0.2) is 21.3 Å². The van der Waals surface area contributed by atoms with Crippen LogP contribution in [0.5, 0.6) is 0 Å². The van der Waals surface area contributed by atoms with Gasteiger partial charge in [0.1, 0.15) is 14.7 Å². The van der Waals surface area contributed by atoms with Crippen LogP contribution in [0.2, 0.25) is 0 Å². The minimum atomic E-state index is -1.44. The molecule has 1 aromatic rings. The van der Waals surface area contributed by atoms with Crippen LogP contribution in [0.3, 0.4) is 0 Å². The number of carbonyl (C=O) groups is 1. The number of nitrogens with zero attached hydrogens (tertiary/aromatic N) is 1. The maximum Gasteiger partial charge on any atom is 0.328 e. The first-order valence-corrected chi connectivity index (χ1v) is 5.29. The monoisotopic (exact) mass is 322 g/mol. The van der Waals surface area contributed by atoms with Crippen LogP contribution in [0.1, 0.15) is 12.5 Å². The molecule has 0 aliphatic rings. The molecule has 0 saturated carbocycles. The Bertz CT molecular complexity index is 380. The maximum absolute atomic E-state index is 10.9. The van der Waals surface area contributed by atoms with E-state index < -0.39 is 11.5 Å². The first-order chi connectivity index (χ1) is 6.35. The highest BCUT2D eigenvalue weighted by Crippen LogP contribution is 2.26. The third-order valence-corrected chi connectivity index (χ3v) is 2.86. The van der Waals surface area contributed by atoms with Gasteiger partial charge in [0.05, 0.1) is 0 Å². The predicted octanol–water partition coefficient (Wildman–Crippen LogP) is 1.87. The van der Waals surface area contributed by atoms with Crippen molar-refractivity contribution in [1.82, 2.24) is 4.98 Å². The van der Waals surface area contributed by atoms with Gasteiger partial charge in [0, 0.05) is 5.56 Å². The van der Waals surface area contributed by atoms with Crippen molar-refractivity contribution >= 4 is 37.8 Å². The lowest BCUT2D eigenvalue weighted by atomic mass is 9.95. The molecule has 3 N–H and O–H groups in total. The van der Waals surface area contributed by atoms with E-state index in [9.17, 15) is 4.79 Å². The average Bonchev–Trinajstić information content (AvgIpc) is 2.02. The topological polar surface area (TPSA) is 76.2 Å². The molecule has 0 amide bonds. The van der Waals surface area contributed by atoms with Crippen molar-refractivity contribution in [2.75, 3.05) is 0 Å². The molecule has 0 radical (unpaired) electrons. The Kier molecular flexibility index (Phi) is 3.28. The Morgan fingerprint density at radius 2 is 2.14 bits per heavy atom. The lowest BCUT2D eigenvalue weighted by Crippen LogP contribution is -2.42. The van der Waals surface area contributed by atoms with Crippen molar-refractivity contribution in [3.63, 3.8) is 0 Å². The molecule has 0 bridgehead atoms. The van der Waals surface area contributed by atoms with E-state index in [1.807, 2.05) is 0 Å². The summed E-state index contributed by atoms with van der Waals surface area (Å²) in [5.74, 6) is -1.10. The SMILES string of the molecule is CC(N)(C(=O)O)c1ccc(Br)nc1Br. The highest BCUT2D eigenvalue weighted by atomic mass is 79.9. The van der Waals surface area contributed by atoms with E-state index in [1.54, 1.807) is 12.1 Å². The summed E-state index contributed by atoms with van der Waals surface area (Å²) < 4.78 is 1.05. The highest BCUT2D eigenvalue weighted by Gasteiger charge is 2.32. The number of halogens is 2. The van der Waals surface area contributed by atoms with E-state index in [-0.39, 0.29) is 0 Å². The highest BCUT2D eigenvalue weighted by molar-refractivity contribution is 9.11. The van der Waals surface area contributed by atoms with Gasteiger partial charge in [-0.25, -0.2) is 9.78 Å². The van der Waals surface area contributed by atoms with Gasteiger partial charge in [0.2, 0.25) is 0 Å². The molecule has 0 aromatic carbocycles. The molecule has 1 unspecified atom stereocenters. The van der Waals surface area contributed by atoms with E-state index in [0.29, 0.717) is 14.8 Å². The normalized spacial score (nSPS) is 14.9. The summed E-state index contributed by atoms with van der Waals surface area (Å²) in [7, 11) is 0. The minimum absolute atomic E-state index is 0.430. The molecule has 1 rings (SSSR count). The Labute approximate surface area is 97.8 Å². The van der Waals surface area contributed by atoms with Gasteiger partial charge in [-0.1, -0.05) is 6.07 Å². The summed E-state index contributed by atoms with van der Waals surface area (Å²) in [4.78, 5) is 14.9. The summed E-state index contributed by atoms with van der Waals surface area (Å²) in [5.41, 5.74) is 4.65. The summed E-state index contributed by atoms with van der Waals surface area (Å²) in [6.45, 7) is 1.42. The third kappa shape index (κ3) is 2.13. The van der Waals surface area contributed by atoms with E-state index in [0.717, 1.165) is 0 Å². The molecule has 0 aliphatic heterocycles. The van der Waals surface area contributed by atoms with Gasteiger partial charge < -0.3 is 10.8 Å². The van der Waals surface area contributed by atoms with Gasteiger partial charge in [0.25, 0.3) is 0 Å². The molecule has 0 spiro atoms. The Hall–Kier alpha value is -0.460. The molecule has 1 atom stereocenters. The fourth-order valence-corrected chi connectivity index (χ4v) is 2.20. The van der Waals surface area contributed by atoms with E-state index >= 15 is 0 Å². The quantitative estimate of drug-likeness (QED) is 0.815. The smallest absolute Gasteiger partial charge is 0.328 e. The number of pyridine rings is 1. The van der Waals surface area contributed by atoms with Gasteiger partial charge in [-0.15, -0.1) is 0 Å². The standard InChI is InChI=1S/C8H8Br2N2O2/c1-8(11,7(13)14)4-2-3-5(9)12-6(4)10/h2-3H,11H2,1H3,(H,13,14). The molecule has 0 aliphatic carbocycles. The Morgan fingerprint density at radius 1 is 1.57 bits per heavy atom. The second kappa shape index (κ2) is 3.96. The van der Waals surface area contributed by atoms with Crippen LogP contribution >= 0.6 is 31.9 Å². The first kappa shape index (κ1) is 11.6. The van der Waals surface area contributed by atoms with Gasteiger partial charge in [-0.3, -0.25) is 0 Å². The predicted molar refractivity (Wildman–Crippen MR) is 58.8 cm³/mol. The lowest BCUT2D eigenvalue weighted by Gasteiger charge is -2.20. The Balaban J connectivity index is 3.26. The van der Waals surface area contributed by atoms with E-state index in [1.165, 1.54) is 6.92 Å². The molecule has 14 heavy (non-hydrogen) atoms. The molecule has 76 valence electrons. The van der Waals surface area contributed by atoms with Crippen molar-refractivity contribution in [3.8, 4) is 0 Å². The number of hydrogen-bond acceptors (Lipinski definition) is 3. The summed E-state index contributed by atoms with van der Waals surface area (Å²) in [5, 5.41) is 8.90. The van der Waals surface area contributed by atoms with Crippen LogP contribution < -0.4 is 5.73 Å². The lowest BCUT2D eigenvalue weighted by molar-refractivity contribution is -0.143. The third-order valence-electron chi connectivity index (χ3n) is 1.82. The average molecular weight is 324 g/mol. The number of aromatic nitrogens is 1. The summed E-state index contributed by atoms with van der Waals surface area (Å²) in [6, 6.07) is 3.27. The van der Waals surface area contributed by atoms with Crippen molar-refractivity contribution in [2.24, 2.45) is 5.73 Å². The number of rotatable bonds is 2. The molecule has 0 saturated heterocycles. The van der Waals surface area contributed by atoms with Gasteiger partial charge in [-0.05, 0) is 44.8 Å². The van der Waals surface area contributed by atoms with Crippen molar-refractivity contribution in [3.05, 3.63) is 26.9 Å². The molecule has 6 heteroatoms. The van der Waals surface area contributed by atoms with Crippen LogP contribution in [-0.4, -0.2) is 16.1 Å². The van der Waals surface area contributed by atoms with Crippen molar-refractivity contribution in [2.45, 2.75) is 12.5 Å². The van der Waals surface area contributed by atoms with Gasteiger partial charge in [0.15, 0.2) is 0 Å². The molecular weight excluding hydrogens is 316 g/mol. The van der Waals surface area contributed by atoms with Crippen LogP contribution in [-0.2, 0) is 10.3 Å². The zero-order chi connectivity index (χ0) is 10.9. The molecular formula is C8H8Br2N2O2. The number of nitrogens with two attached hydrogens (primary N) is 1. The number of hydrogen-bond donors (Lipinski definition) is 2. The summed E-state index contributed by atoms with van der Waals surface area (Å²) in [6.07, 6.45) is 0. The number of carboxylic acids is 1. The van der Waals surface area contributed by atoms with Crippen molar-refractivity contribution < 1.29 is 9.90 Å². The zero-order valence-electron chi connectivity index (χ0n) is 7.29. The second-order valence-corrected chi connectivity index (χ2v) is 4.54. The number of carboxylic acid groups (broad SMARTS) is 1. The Morgan fingerprint density at radius 3 is 2.57 bits per heavy atom. The van der Waals surface area contributed by atoms with Gasteiger partial charge in [-0.2, -0.15) is 0 Å². The van der Waals surface area contributed by atoms with Crippen LogP contribution in [0, 0.1) is 0 Å². The van der Waals surface area contributed by atoms with E-state index in [2.05, 4.69) is 36.8 Å². The zero-order valence-corrected chi connectivity index (χ0v) is 10.5. The van der Waals surface area contributed by atoms with Gasteiger partial charge >= 0.3 is 5.97 Å². The van der Waals surface area contributed by atoms with E-state index in [4.69, 9.17) is 10.8 Å². The van der Waals surface area contributed by atoms with Crippen molar-refractivity contribution in [1.29, 1.82) is 0 Å².